The Hall–Kier alpha value is -0.870. The highest BCUT2D eigenvalue weighted by Gasteiger charge is 2.07. The molecule has 4 nitrogen and oxygen atoms in total. The molecule has 0 aromatic carbocycles. The Morgan fingerprint density at radius 2 is 2.00 bits per heavy atom. The molecule has 1 heterocycles. The van der Waals surface area contributed by atoms with Crippen molar-refractivity contribution >= 4 is 0 Å². The molecule has 0 unspecified atom stereocenters. The highest BCUT2D eigenvalue weighted by Crippen LogP contribution is 2.14. The lowest BCUT2D eigenvalue weighted by Crippen LogP contribution is -2.18. The van der Waals surface area contributed by atoms with Crippen LogP contribution >= 0.6 is 0 Å². The molecule has 1 N–H and O–H groups in total. The van der Waals surface area contributed by atoms with Crippen LogP contribution in [0.15, 0.2) is 12.3 Å². The summed E-state index contributed by atoms with van der Waals surface area (Å²) in [4.78, 5) is 2.23. The third kappa shape index (κ3) is 6.21. The molecule has 0 saturated carbocycles. The Balaban J connectivity index is 2.19. The fourth-order valence-electron chi connectivity index (χ4n) is 2.23. The molecule has 0 radical (unpaired) electrons. The minimum atomic E-state index is 0.550. The van der Waals surface area contributed by atoms with Gasteiger partial charge in [0, 0.05) is 12.7 Å². The molecule has 110 valence electrons. The average Bonchev–Trinajstić information content (AvgIpc) is 2.83. The summed E-state index contributed by atoms with van der Waals surface area (Å²) in [6.07, 6.45) is 6.89. The van der Waals surface area contributed by atoms with Crippen LogP contribution in [-0.2, 0) is 6.54 Å². The maximum absolute atomic E-state index is 4.64. The van der Waals surface area contributed by atoms with E-state index in [-0.39, 0.29) is 0 Å². The zero-order chi connectivity index (χ0) is 14.1. The van der Waals surface area contributed by atoms with Crippen LogP contribution in [-0.4, -0.2) is 41.9 Å². The zero-order valence-electron chi connectivity index (χ0n) is 13.0. The maximum Gasteiger partial charge on any atom is 0.0762 e. The third-order valence-corrected chi connectivity index (χ3v) is 3.50. The van der Waals surface area contributed by atoms with Gasteiger partial charge in [-0.3, -0.25) is 4.68 Å². The van der Waals surface area contributed by atoms with Crippen LogP contribution in [0.3, 0.4) is 0 Å². The number of nitrogens with one attached hydrogen (secondary N) is 1. The van der Waals surface area contributed by atoms with E-state index in [4.69, 9.17) is 0 Å². The van der Waals surface area contributed by atoms with Gasteiger partial charge in [-0.1, -0.05) is 13.8 Å². The molecule has 1 rings (SSSR count). The highest BCUT2D eigenvalue weighted by molar-refractivity contribution is 4.99. The lowest BCUT2D eigenvalue weighted by atomic mass is 10.2. The van der Waals surface area contributed by atoms with E-state index >= 15 is 0 Å². The molecule has 0 saturated heterocycles. The van der Waals surface area contributed by atoms with Gasteiger partial charge in [-0.25, -0.2) is 0 Å². The average molecular weight is 266 g/mol. The van der Waals surface area contributed by atoms with Crippen molar-refractivity contribution < 1.29 is 0 Å². The van der Waals surface area contributed by atoms with Crippen LogP contribution in [0.1, 0.15) is 51.3 Å². The van der Waals surface area contributed by atoms with Crippen molar-refractivity contribution in [1.82, 2.24) is 20.0 Å². The normalized spacial score (nSPS) is 11.7. The van der Waals surface area contributed by atoms with E-state index in [1.807, 2.05) is 0 Å². The van der Waals surface area contributed by atoms with Gasteiger partial charge < -0.3 is 10.2 Å². The fraction of sp³-hybridized carbons (Fsp3) is 0.800. The van der Waals surface area contributed by atoms with Gasteiger partial charge in [0.2, 0.25) is 0 Å². The predicted molar refractivity (Wildman–Crippen MR) is 81.3 cm³/mol. The molecule has 0 fully saturated rings. The molecule has 0 aliphatic heterocycles. The summed E-state index contributed by atoms with van der Waals surface area (Å²) in [5.74, 6) is 0. The molecule has 0 aliphatic rings. The molecule has 0 aliphatic carbocycles. The second-order valence-electron chi connectivity index (χ2n) is 5.44. The highest BCUT2D eigenvalue weighted by atomic mass is 15.3. The van der Waals surface area contributed by atoms with Crippen LogP contribution in [0.2, 0.25) is 0 Å². The van der Waals surface area contributed by atoms with E-state index in [1.54, 1.807) is 0 Å². The van der Waals surface area contributed by atoms with Crippen molar-refractivity contribution in [3.05, 3.63) is 18.0 Å². The van der Waals surface area contributed by atoms with Gasteiger partial charge in [0.15, 0.2) is 0 Å². The summed E-state index contributed by atoms with van der Waals surface area (Å²) >= 11 is 0. The van der Waals surface area contributed by atoms with Crippen molar-refractivity contribution in [2.75, 3.05) is 27.2 Å². The van der Waals surface area contributed by atoms with Gasteiger partial charge in [-0.15, -0.1) is 0 Å². The lowest BCUT2D eigenvalue weighted by molar-refractivity contribution is 0.391. The molecular formula is C15H30N4. The van der Waals surface area contributed by atoms with Gasteiger partial charge in [-0.05, 0) is 58.9 Å². The van der Waals surface area contributed by atoms with E-state index in [1.165, 1.54) is 19.4 Å². The van der Waals surface area contributed by atoms with Gasteiger partial charge in [0.05, 0.1) is 11.7 Å². The predicted octanol–water partition coefficient (Wildman–Crippen LogP) is 2.68. The Morgan fingerprint density at radius 3 is 2.63 bits per heavy atom. The van der Waals surface area contributed by atoms with Crippen LogP contribution < -0.4 is 5.32 Å². The van der Waals surface area contributed by atoms with Gasteiger partial charge in [0.1, 0.15) is 0 Å². The van der Waals surface area contributed by atoms with Crippen molar-refractivity contribution in [3.8, 4) is 0 Å². The minimum Gasteiger partial charge on any atom is -0.311 e. The molecule has 4 heteroatoms. The van der Waals surface area contributed by atoms with E-state index in [2.05, 4.69) is 60.2 Å². The largest absolute Gasteiger partial charge is 0.311 e. The standard InChI is InChI=1S/C15H30N4/c1-5-15(6-2)19-12-9-14(17-19)13-16-10-7-8-11-18(3)4/h9,12,15-16H,5-8,10-11,13H2,1-4H3. The summed E-state index contributed by atoms with van der Waals surface area (Å²) in [6, 6.07) is 2.68. The van der Waals surface area contributed by atoms with E-state index in [0.29, 0.717) is 6.04 Å². The first-order chi connectivity index (χ1) is 9.17. The lowest BCUT2D eigenvalue weighted by Gasteiger charge is -2.12. The molecule has 0 spiro atoms. The van der Waals surface area contributed by atoms with Gasteiger partial charge in [-0.2, -0.15) is 5.10 Å². The van der Waals surface area contributed by atoms with Crippen LogP contribution in [0.25, 0.3) is 0 Å². The van der Waals surface area contributed by atoms with Gasteiger partial charge >= 0.3 is 0 Å². The number of nitrogens with zero attached hydrogens (tertiary/aromatic N) is 3. The molecule has 0 bridgehead atoms. The smallest absolute Gasteiger partial charge is 0.0762 e. The Kier molecular flexibility index (Phi) is 7.75. The number of hydrogen-bond donors (Lipinski definition) is 1. The minimum absolute atomic E-state index is 0.550. The number of aromatic nitrogens is 2. The van der Waals surface area contributed by atoms with Crippen LogP contribution in [0.4, 0.5) is 0 Å². The monoisotopic (exact) mass is 266 g/mol. The maximum atomic E-state index is 4.64. The number of unbranched alkanes of at least 4 members (excludes halogenated alkanes) is 1. The molecule has 19 heavy (non-hydrogen) atoms. The summed E-state index contributed by atoms with van der Waals surface area (Å²) in [5.41, 5.74) is 1.15. The summed E-state index contributed by atoms with van der Waals surface area (Å²) in [7, 11) is 4.25. The van der Waals surface area contributed by atoms with E-state index in [9.17, 15) is 0 Å². The number of rotatable bonds is 10. The topological polar surface area (TPSA) is 33.1 Å². The second kappa shape index (κ2) is 9.10. The molecule has 0 atom stereocenters. The van der Waals surface area contributed by atoms with Crippen LogP contribution in [0, 0.1) is 0 Å². The SMILES string of the molecule is CCC(CC)n1ccc(CNCCCCN(C)C)n1. The molecule has 1 aromatic rings. The molecular weight excluding hydrogens is 236 g/mol. The Labute approximate surface area is 118 Å². The Morgan fingerprint density at radius 1 is 1.26 bits per heavy atom. The molecule has 0 amide bonds. The van der Waals surface area contributed by atoms with Crippen molar-refractivity contribution in [3.63, 3.8) is 0 Å². The summed E-state index contributed by atoms with van der Waals surface area (Å²) in [5, 5.41) is 8.11. The summed E-state index contributed by atoms with van der Waals surface area (Å²) < 4.78 is 2.11. The van der Waals surface area contributed by atoms with Crippen LogP contribution in [0.5, 0.6) is 0 Å². The first kappa shape index (κ1) is 16.2. The fourth-order valence-corrected chi connectivity index (χ4v) is 2.23. The van der Waals surface area contributed by atoms with E-state index in [0.717, 1.165) is 31.6 Å². The number of hydrogen-bond acceptors (Lipinski definition) is 3. The first-order valence-corrected chi connectivity index (χ1v) is 7.56. The Bertz CT molecular complexity index is 329. The van der Waals surface area contributed by atoms with E-state index < -0.39 is 0 Å². The van der Waals surface area contributed by atoms with Gasteiger partial charge in [0.25, 0.3) is 0 Å². The second-order valence-corrected chi connectivity index (χ2v) is 5.44. The summed E-state index contributed by atoms with van der Waals surface area (Å²) in [6.45, 7) is 7.57. The van der Waals surface area contributed by atoms with Crippen molar-refractivity contribution in [1.29, 1.82) is 0 Å². The first-order valence-electron chi connectivity index (χ1n) is 7.56. The zero-order valence-corrected chi connectivity index (χ0v) is 13.0. The van der Waals surface area contributed by atoms with Crippen molar-refractivity contribution in [2.24, 2.45) is 0 Å². The van der Waals surface area contributed by atoms with Crippen molar-refractivity contribution in [2.45, 2.75) is 52.1 Å². The third-order valence-electron chi connectivity index (χ3n) is 3.50. The quantitative estimate of drug-likeness (QED) is 0.661. The molecule has 1 aromatic heterocycles.